The fourth-order valence-electron chi connectivity index (χ4n) is 3.71. The molecule has 0 aliphatic carbocycles. The van der Waals surface area contributed by atoms with Gasteiger partial charge in [-0.3, -0.25) is 4.79 Å². The number of nitrogens with zero attached hydrogens (tertiary/aromatic N) is 2. The molecule has 144 valence electrons. The van der Waals surface area contributed by atoms with E-state index in [1.165, 1.54) is 23.0 Å². The summed E-state index contributed by atoms with van der Waals surface area (Å²) in [5.41, 5.74) is 3.74. The Kier molecular flexibility index (Phi) is 4.69. The number of pyridine rings is 1. The van der Waals surface area contributed by atoms with Crippen molar-refractivity contribution in [2.24, 2.45) is 0 Å². The fourth-order valence-corrected chi connectivity index (χ4v) is 4.55. The van der Waals surface area contributed by atoms with Crippen molar-refractivity contribution in [3.05, 3.63) is 69.1 Å². The van der Waals surface area contributed by atoms with Crippen molar-refractivity contribution in [3.8, 4) is 11.1 Å². The van der Waals surface area contributed by atoms with Crippen LogP contribution < -0.4 is 11.4 Å². The summed E-state index contributed by atoms with van der Waals surface area (Å²) in [6.45, 7) is 2.87. The minimum atomic E-state index is -0.480. The number of nitrogens with two attached hydrogens (primary N) is 1. The Labute approximate surface area is 166 Å². The Morgan fingerprint density at radius 3 is 2.57 bits per heavy atom. The average Bonchev–Trinajstić information content (AvgIpc) is 3.14. The molecule has 28 heavy (non-hydrogen) atoms. The number of benzene rings is 2. The highest BCUT2D eigenvalue weighted by molar-refractivity contribution is 7.17. The number of aryl methyl sites for hydroxylation is 1. The summed E-state index contributed by atoms with van der Waals surface area (Å²) in [6, 6.07) is 11.7. The minimum Gasteiger partial charge on any atom is -0.336 e. The van der Waals surface area contributed by atoms with E-state index in [1.54, 1.807) is 0 Å². The SMILES string of the molecule is Cc1cc(F)c2c(c1-c1ccc(CCN(C)C)cc1)c1ccsc1c(=O)n2N. The third kappa shape index (κ3) is 2.99. The highest BCUT2D eigenvalue weighted by atomic mass is 32.1. The summed E-state index contributed by atoms with van der Waals surface area (Å²) in [7, 11) is 4.11. The molecular weight excluding hydrogens is 373 g/mol. The predicted molar refractivity (Wildman–Crippen MR) is 116 cm³/mol. The second kappa shape index (κ2) is 7.04. The predicted octanol–water partition coefficient (Wildman–Crippen LogP) is 4.15. The second-order valence-electron chi connectivity index (χ2n) is 7.36. The number of nitrogen functional groups attached to an aromatic ring is 1. The average molecular weight is 396 g/mol. The van der Waals surface area contributed by atoms with Crippen LogP contribution in [-0.4, -0.2) is 30.2 Å². The van der Waals surface area contributed by atoms with Crippen LogP contribution in [0.3, 0.4) is 0 Å². The van der Waals surface area contributed by atoms with Gasteiger partial charge in [-0.2, -0.15) is 0 Å². The maximum absolute atomic E-state index is 14.8. The molecule has 0 saturated carbocycles. The van der Waals surface area contributed by atoms with Crippen LogP contribution in [0.15, 0.2) is 46.6 Å². The molecule has 2 N–H and O–H groups in total. The van der Waals surface area contributed by atoms with Gasteiger partial charge in [0.25, 0.3) is 5.56 Å². The van der Waals surface area contributed by atoms with Crippen LogP contribution in [0.1, 0.15) is 11.1 Å². The maximum Gasteiger partial charge on any atom is 0.287 e. The molecule has 6 heteroatoms. The van der Waals surface area contributed by atoms with Crippen molar-refractivity contribution in [1.82, 2.24) is 9.58 Å². The van der Waals surface area contributed by atoms with E-state index in [4.69, 9.17) is 5.84 Å². The van der Waals surface area contributed by atoms with Crippen molar-refractivity contribution in [3.63, 3.8) is 0 Å². The second-order valence-corrected chi connectivity index (χ2v) is 8.28. The summed E-state index contributed by atoms with van der Waals surface area (Å²) in [5, 5.41) is 3.29. The molecule has 2 heterocycles. The van der Waals surface area contributed by atoms with Crippen molar-refractivity contribution in [2.75, 3.05) is 26.5 Å². The third-order valence-electron chi connectivity index (χ3n) is 5.13. The van der Waals surface area contributed by atoms with Crippen molar-refractivity contribution in [2.45, 2.75) is 13.3 Å². The molecule has 4 rings (SSSR count). The van der Waals surface area contributed by atoms with Crippen LogP contribution in [-0.2, 0) is 6.42 Å². The molecule has 4 nitrogen and oxygen atoms in total. The highest BCUT2D eigenvalue weighted by Gasteiger charge is 2.19. The third-order valence-corrected chi connectivity index (χ3v) is 6.03. The molecule has 0 atom stereocenters. The van der Waals surface area contributed by atoms with Crippen LogP contribution >= 0.6 is 11.3 Å². The lowest BCUT2D eigenvalue weighted by Gasteiger charge is -2.16. The number of hydrogen-bond donors (Lipinski definition) is 1. The van der Waals surface area contributed by atoms with E-state index in [1.807, 2.05) is 18.4 Å². The van der Waals surface area contributed by atoms with E-state index in [0.717, 1.165) is 39.7 Å². The molecule has 0 aliphatic heterocycles. The van der Waals surface area contributed by atoms with E-state index in [2.05, 4.69) is 43.3 Å². The van der Waals surface area contributed by atoms with Crippen molar-refractivity contribution >= 4 is 32.3 Å². The molecule has 0 aliphatic rings. The van der Waals surface area contributed by atoms with Crippen LogP contribution in [0.2, 0.25) is 0 Å². The summed E-state index contributed by atoms with van der Waals surface area (Å²) in [6.07, 6.45) is 0.966. The van der Waals surface area contributed by atoms with Gasteiger partial charge in [0, 0.05) is 17.3 Å². The minimum absolute atomic E-state index is 0.146. The Morgan fingerprint density at radius 1 is 1.18 bits per heavy atom. The molecular formula is C22H22FN3OS. The zero-order valence-corrected chi connectivity index (χ0v) is 16.9. The van der Waals surface area contributed by atoms with Gasteiger partial charge in [0.2, 0.25) is 0 Å². The zero-order chi connectivity index (χ0) is 20.0. The van der Waals surface area contributed by atoms with E-state index in [0.29, 0.717) is 10.1 Å². The van der Waals surface area contributed by atoms with Gasteiger partial charge in [-0.15, -0.1) is 11.3 Å². The van der Waals surface area contributed by atoms with Gasteiger partial charge in [0.05, 0.1) is 0 Å². The smallest absolute Gasteiger partial charge is 0.287 e. The molecule has 0 spiro atoms. The van der Waals surface area contributed by atoms with Gasteiger partial charge in [-0.1, -0.05) is 24.3 Å². The summed E-state index contributed by atoms with van der Waals surface area (Å²) in [5.74, 6) is 5.52. The topological polar surface area (TPSA) is 51.3 Å². The lowest BCUT2D eigenvalue weighted by atomic mass is 9.93. The van der Waals surface area contributed by atoms with E-state index < -0.39 is 5.82 Å². The monoisotopic (exact) mass is 395 g/mol. The molecule has 0 bridgehead atoms. The van der Waals surface area contributed by atoms with Crippen LogP contribution in [0.25, 0.3) is 32.1 Å². The van der Waals surface area contributed by atoms with E-state index >= 15 is 0 Å². The molecule has 0 amide bonds. The molecule has 2 aromatic carbocycles. The Balaban J connectivity index is 1.98. The Hall–Kier alpha value is -2.70. The van der Waals surface area contributed by atoms with E-state index in [9.17, 15) is 9.18 Å². The van der Waals surface area contributed by atoms with Gasteiger partial charge in [-0.05, 0) is 67.2 Å². The van der Waals surface area contributed by atoms with Crippen molar-refractivity contribution < 1.29 is 4.39 Å². The van der Waals surface area contributed by atoms with Gasteiger partial charge < -0.3 is 10.7 Å². The molecule has 0 fully saturated rings. The summed E-state index contributed by atoms with van der Waals surface area (Å²) < 4.78 is 16.3. The molecule has 0 saturated heterocycles. The first-order chi connectivity index (χ1) is 13.4. The van der Waals surface area contributed by atoms with Gasteiger partial charge >= 0.3 is 0 Å². The number of hydrogen-bond acceptors (Lipinski definition) is 4. The molecule has 0 unspecified atom stereocenters. The zero-order valence-electron chi connectivity index (χ0n) is 16.1. The van der Waals surface area contributed by atoms with Gasteiger partial charge in [0.15, 0.2) is 0 Å². The standard InChI is InChI=1S/C22H22FN3OS/c1-13-12-17(23)20-19(16-9-11-28-21(16)22(27)26(20)24)18(13)15-6-4-14(5-7-15)8-10-25(2)3/h4-7,9,11-12H,8,10,24H2,1-3H3. The number of halogens is 1. The molecule has 2 aromatic heterocycles. The fraction of sp³-hybridized carbons (Fsp3) is 0.227. The summed E-state index contributed by atoms with van der Waals surface area (Å²) >= 11 is 1.33. The number of aromatic nitrogens is 1. The normalized spacial score (nSPS) is 11.8. The maximum atomic E-state index is 14.8. The largest absolute Gasteiger partial charge is 0.336 e. The highest BCUT2D eigenvalue weighted by Crippen LogP contribution is 2.38. The quantitative estimate of drug-likeness (QED) is 0.528. The number of thiophene rings is 1. The van der Waals surface area contributed by atoms with Crippen molar-refractivity contribution in [1.29, 1.82) is 0 Å². The first-order valence-electron chi connectivity index (χ1n) is 9.12. The number of rotatable bonds is 4. The lowest BCUT2D eigenvalue weighted by molar-refractivity contribution is 0.413. The molecule has 0 radical (unpaired) electrons. The Bertz CT molecular complexity index is 1240. The first-order valence-corrected chi connectivity index (χ1v) is 10.0. The first kappa shape index (κ1) is 18.7. The van der Waals surface area contributed by atoms with Crippen LogP contribution in [0.5, 0.6) is 0 Å². The van der Waals surface area contributed by atoms with Gasteiger partial charge in [0.1, 0.15) is 16.0 Å². The number of likely N-dealkylation sites (N-methyl/N-ethyl adjacent to an activating group) is 1. The Morgan fingerprint density at radius 2 is 1.89 bits per heavy atom. The summed E-state index contributed by atoms with van der Waals surface area (Å²) in [4.78, 5) is 14.7. The molecule has 4 aromatic rings. The lowest BCUT2D eigenvalue weighted by Crippen LogP contribution is -2.27. The van der Waals surface area contributed by atoms with E-state index in [-0.39, 0.29) is 11.1 Å². The van der Waals surface area contributed by atoms with Crippen LogP contribution in [0.4, 0.5) is 4.39 Å². The van der Waals surface area contributed by atoms with Gasteiger partial charge in [-0.25, -0.2) is 9.07 Å². The number of fused-ring (bicyclic) bond motifs is 3. The van der Waals surface area contributed by atoms with Crippen LogP contribution in [0, 0.1) is 12.7 Å².